The van der Waals surface area contributed by atoms with E-state index in [1.165, 1.54) is 83.5 Å². The summed E-state index contributed by atoms with van der Waals surface area (Å²) in [5, 5.41) is 7.01. The average molecular weight is 922 g/mol. The zero-order valence-corrected chi connectivity index (χ0v) is 35.9. The smallest absolute Gasteiger partial charge is 0.339 e. The number of aryl methyl sites for hydroxylation is 5. The van der Waals surface area contributed by atoms with Crippen molar-refractivity contribution >= 4 is 54.6 Å². The molecule has 0 bridgehead atoms. The Labute approximate surface area is 349 Å². The zero-order chi connectivity index (χ0) is 38.7. The normalized spacial score (nSPS) is 12.1. The van der Waals surface area contributed by atoms with Gasteiger partial charge in [0, 0.05) is 34.6 Å². The van der Waals surface area contributed by atoms with E-state index in [-0.39, 0.29) is 21.1 Å². The minimum absolute atomic E-state index is 0. The third-order valence-electron chi connectivity index (χ3n) is 11.5. The predicted molar refractivity (Wildman–Crippen MR) is 236 cm³/mol. The molecule has 10 rings (SSSR count). The molecule has 0 spiro atoms. The van der Waals surface area contributed by atoms with E-state index < -0.39 is 0 Å². The van der Waals surface area contributed by atoms with Crippen LogP contribution in [0, 0.1) is 52.7 Å². The van der Waals surface area contributed by atoms with Gasteiger partial charge in [0.25, 0.3) is 0 Å². The summed E-state index contributed by atoms with van der Waals surface area (Å²) in [6, 6.07) is 45.4. The van der Waals surface area contributed by atoms with Gasteiger partial charge in [-0.15, -0.1) is 59.3 Å². The quantitative estimate of drug-likeness (QED) is 0.127. The largest absolute Gasteiger partial charge is 2.00 e. The number of benzene rings is 6. The fourth-order valence-corrected chi connectivity index (χ4v) is 8.94. The number of para-hydroxylation sites is 2. The molecular weight excluding hydrogens is 876 g/mol. The molecule has 284 valence electrons. The van der Waals surface area contributed by atoms with E-state index in [0.717, 1.165) is 39.9 Å². The van der Waals surface area contributed by atoms with Gasteiger partial charge < -0.3 is 8.80 Å². The Morgan fingerprint density at radius 1 is 0.561 bits per heavy atom. The molecule has 0 aliphatic rings. The van der Waals surface area contributed by atoms with E-state index in [2.05, 4.69) is 173 Å². The predicted octanol–water partition coefficient (Wildman–Crippen LogP) is 13.3. The van der Waals surface area contributed by atoms with Crippen LogP contribution in [0.3, 0.4) is 0 Å². The summed E-state index contributed by atoms with van der Waals surface area (Å²) in [4.78, 5) is 10.2. The first kappa shape index (κ1) is 38.3. The molecule has 0 saturated carbocycles. The second-order valence-corrected chi connectivity index (χ2v) is 15.7. The molecule has 0 saturated heterocycles. The molecule has 5 heteroatoms. The summed E-state index contributed by atoms with van der Waals surface area (Å²) < 4.78 is 4.44. The Bertz CT molecular complexity index is 2940. The number of hydrogen-bond acceptors (Lipinski definition) is 2. The molecule has 4 aromatic heterocycles. The van der Waals surface area contributed by atoms with Crippen molar-refractivity contribution in [3.8, 4) is 22.5 Å². The fraction of sp³-hybridized carbons (Fsp3) is 0.192. The van der Waals surface area contributed by atoms with Gasteiger partial charge in [0.05, 0.1) is 22.7 Å². The molecule has 0 aliphatic carbocycles. The van der Waals surface area contributed by atoms with Gasteiger partial charge in [0.15, 0.2) is 0 Å². The van der Waals surface area contributed by atoms with Gasteiger partial charge in [0.2, 0.25) is 0 Å². The van der Waals surface area contributed by atoms with Crippen LogP contribution in [0.25, 0.3) is 77.2 Å². The molecule has 0 radical (unpaired) electrons. The molecule has 1 unspecified atom stereocenters. The van der Waals surface area contributed by atoms with Crippen LogP contribution in [0.1, 0.15) is 53.6 Å². The zero-order valence-electron chi connectivity index (χ0n) is 33.6. The first-order valence-electron chi connectivity index (χ1n) is 19.8. The maximum Gasteiger partial charge on any atom is 2.00 e. The summed E-state index contributed by atoms with van der Waals surface area (Å²) in [6.45, 7) is 15.5. The third kappa shape index (κ3) is 6.74. The molecule has 4 nitrogen and oxygen atoms in total. The molecule has 57 heavy (non-hydrogen) atoms. The van der Waals surface area contributed by atoms with Crippen molar-refractivity contribution < 1.29 is 21.1 Å². The van der Waals surface area contributed by atoms with Crippen LogP contribution >= 0.6 is 0 Å². The van der Waals surface area contributed by atoms with Gasteiger partial charge in [0.1, 0.15) is 0 Å². The molecule has 4 heterocycles. The Kier molecular flexibility index (Phi) is 10.4. The van der Waals surface area contributed by atoms with E-state index in [1.54, 1.807) is 0 Å². The number of imidazole rings is 2. The Morgan fingerprint density at radius 2 is 0.982 bits per heavy atom. The number of nitrogens with zero attached hydrogens (tertiary/aromatic N) is 4. The van der Waals surface area contributed by atoms with E-state index in [0.29, 0.717) is 5.92 Å². The number of rotatable bonds is 5. The van der Waals surface area contributed by atoms with Gasteiger partial charge in [-0.2, -0.15) is 0 Å². The molecule has 10 aromatic rings. The molecule has 0 aliphatic heterocycles. The average Bonchev–Trinajstić information content (AvgIpc) is 3.84. The third-order valence-corrected chi connectivity index (χ3v) is 11.5. The second-order valence-electron chi connectivity index (χ2n) is 15.7. The van der Waals surface area contributed by atoms with Crippen LogP contribution in [-0.4, -0.2) is 18.8 Å². The van der Waals surface area contributed by atoms with Crippen LogP contribution in [0.4, 0.5) is 0 Å². The molecular formula is C52H46N4Pt. The minimum atomic E-state index is 0. The number of hydrogen-bond donors (Lipinski definition) is 0. The minimum Gasteiger partial charge on any atom is -0.339 e. The molecule has 6 aromatic carbocycles. The molecule has 1 atom stereocenters. The van der Waals surface area contributed by atoms with E-state index in [9.17, 15) is 0 Å². The second kappa shape index (κ2) is 15.4. The van der Waals surface area contributed by atoms with Crippen molar-refractivity contribution in [2.45, 2.75) is 61.3 Å². The number of fused-ring (bicyclic) bond motifs is 12. The molecule has 0 amide bonds. The Balaban J connectivity index is 0.000000158. The first-order chi connectivity index (χ1) is 27.2. The molecule has 0 fully saturated rings. The van der Waals surface area contributed by atoms with Crippen LogP contribution in [-0.2, 0) is 27.5 Å². The van der Waals surface area contributed by atoms with Crippen LogP contribution in [0.15, 0.2) is 122 Å². The van der Waals surface area contributed by atoms with Crippen LogP contribution in [0.5, 0.6) is 0 Å². The van der Waals surface area contributed by atoms with Gasteiger partial charge in [-0.3, -0.25) is 9.97 Å². The number of aromatic nitrogens is 4. The van der Waals surface area contributed by atoms with Gasteiger partial charge in [-0.1, -0.05) is 97.3 Å². The molecule has 0 N–H and O–H groups in total. The van der Waals surface area contributed by atoms with Crippen LogP contribution < -0.4 is 0 Å². The van der Waals surface area contributed by atoms with Crippen LogP contribution in [0.2, 0.25) is 0 Å². The topological polar surface area (TPSA) is 34.6 Å². The van der Waals surface area contributed by atoms with Crippen molar-refractivity contribution in [3.63, 3.8) is 0 Å². The van der Waals surface area contributed by atoms with Gasteiger partial charge >= 0.3 is 21.1 Å². The van der Waals surface area contributed by atoms with Crippen molar-refractivity contribution in [1.82, 2.24) is 18.8 Å². The Hall–Kier alpha value is -5.57. The standard InChI is InChI=1S/C28H27N2.C24H19N2.Pt/c1-5-18(2)14-21-15-19(3)27(20(4)16-21)25-17-30-26-13-9-8-11-23(26)22-10-6-7-12-24(22)28(30)29-25;1-15-12-16(2)23(17(3)13-15)21-14-26-22-11-7-6-9-19(22)18-8-4-5-10-20(18)24(26)25-21;/h6-11,13,15-18H,5,14H2,1-4H3;4-9,11-14H,1-3H3;/q2*-1;+2. The summed E-state index contributed by atoms with van der Waals surface area (Å²) in [6.07, 6.45) is 6.71. The van der Waals surface area contributed by atoms with E-state index in [4.69, 9.17) is 9.97 Å². The van der Waals surface area contributed by atoms with Crippen molar-refractivity contribution in [2.24, 2.45) is 5.92 Å². The van der Waals surface area contributed by atoms with Crippen molar-refractivity contribution in [1.29, 1.82) is 0 Å². The van der Waals surface area contributed by atoms with E-state index >= 15 is 0 Å². The SMILES string of the molecule is CCC(C)Cc1cc(C)c(-c2cn3c4ccccc4c4ccc[c-]c4c3n2)c(C)c1.Cc1cc(C)c(-c2cn3c4ccccc4c4ccc[c-]c4c3n2)c(C)c1.[Pt+2]. The summed E-state index contributed by atoms with van der Waals surface area (Å²) in [5.74, 6) is 0.707. The maximum absolute atomic E-state index is 5.12. The van der Waals surface area contributed by atoms with Crippen molar-refractivity contribution in [3.05, 3.63) is 167 Å². The first-order valence-corrected chi connectivity index (χ1v) is 19.8. The monoisotopic (exact) mass is 921 g/mol. The van der Waals surface area contributed by atoms with Crippen molar-refractivity contribution in [2.75, 3.05) is 0 Å². The summed E-state index contributed by atoms with van der Waals surface area (Å²) in [7, 11) is 0. The Morgan fingerprint density at radius 3 is 1.44 bits per heavy atom. The van der Waals surface area contributed by atoms with E-state index in [1.807, 2.05) is 18.2 Å². The maximum atomic E-state index is 5.12. The van der Waals surface area contributed by atoms with Gasteiger partial charge in [-0.25, -0.2) is 0 Å². The number of pyridine rings is 2. The summed E-state index contributed by atoms with van der Waals surface area (Å²) in [5.41, 5.74) is 16.7. The van der Waals surface area contributed by atoms with Gasteiger partial charge in [-0.05, 0) is 97.7 Å². The fourth-order valence-electron chi connectivity index (χ4n) is 8.94. The summed E-state index contributed by atoms with van der Waals surface area (Å²) >= 11 is 0.